The van der Waals surface area contributed by atoms with Gasteiger partial charge in [-0.25, -0.2) is 8.78 Å². The lowest BCUT2D eigenvalue weighted by Crippen LogP contribution is -2.25. The molecule has 0 spiro atoms. The third kappa shape index (κ3) is 5.44. The number of nitrogens with zero attached hydrogens (tertiary/aromatic N) is 2. The first-order valence-electron chi connectivity index (χ1n) is 9.63. The van der Waals surface area contributed by atoms with Gasteiger partial charge in [0, 0.05) is 17.2 Å². The van der Waals surface area contributed by atoms with Crippen molar-refractivity contribution in [3.05, 3.63) is 35.7 Å². The SMILES string of the molecule is CCCC(CC)(CCN)CCc1nncc2ccc(CC(C)(F)F)cc12. The van der Waals surface area contributed by atoms with E-state index in [1.54, 1.807) is 12.3 Å². The van der Waals surface area contributed by atoms with Crippen LogP contribution in [0.25, 0.3) is 10.8 Å². The number of halogens is 2. The monoisotopic (exact) mass is 363 g/mol. The molecule has 2 N–H and O–H groups in total. The van der Waals surface area contributed by atoms with Crippen LogP contribution in [0.3, 0.4) is 0 Å². The Bertz CT molecular complexity index is 704. The van der Waals surface area contributed by atoms with Crippen LogP contribution in [-0.4, -0.2) is 22.7 Å². The zero-order valence-electron chi connectivity index (χ0n) is 16.2. The number of hydrogen-bond acceptors (Lipinski definition) is 3. The summed E-state index contributed by atoms with van der Waals surface area (Å²) in [4.78, 5) is 0. The molecule has 1 unspecified atom stereocenters. The third-order valence-corrected chi connectivity index (χ3v) is 5.42. The van der Waals surface area contributed by atoms with Crippen molar-refractivity contribution < 1.29 is 8.78 Å². The molecule has 5 heteroatoms. The van der Waals surface area contributed by atoms with Crippen molar-refractivity contribution in [2.24, 2.45) is 11.1 Å². The average Bonchev–Trinajstić information content (AvgIpc) is 2.58. The predicted octanol–water partition coefficient (Wildman–Crippen LogP) is 5.31. The molecule has 1 heterocycles. The van der Waals surface area contributed by atoms with E-state index in [0.717, 1.165) is 61.9 Å². The lowest BCUT2D eigenvalue weighted by Gasteiger charge is -2.32. The quantitative estimate of drug-likeness (QED) is 0.623. The molecule has 1 atom stereocenters. The van der Waals surface area contributed by atoms with E-state index in [2.05, 4.69) is 24.0 Å². The normalized spacial score (nSPS) is 14.5. The topological polar surface area (TPSA) is 51.8 Å². The van der Waals surface area contributed by atoms with E-state index in [4.69, 9.17) is 5.73 Å². The number of rotatable bonds is 10. The maximum absolute atomic E-state index is 13.4. The van der Waals surface area contributed by atoms with E-state index in [1.165, 1.54) is 0 Å². The van der Waals surface area contributed by atoms with E-state index in [9.17, 15) is 8.78 Å². The van der Waals surface area contributed by atoms with Gasteiger partial charge in [0.2, 0.25) is 5.92 Å². The molecule has 2 rings (SSSR count). The van der Waals surface area contributed by atoms with Gasteiger partial charge in [0.15, 0.2) is 0 Å². The molecule has 1 aromatic carbocycles. The number of hydrogen-bond donors (Lipinski definition) is 1. The molecular weight excluding hydrogens is 332 g/mol. The van der Waals surface area contributed by atoms with Crippen molar-refractivity contribution in [1.82, 2.24) is 10.2 Å². The molecule has 144 valence electrons. The fourth-order valence-corrected chi connectivity index (χ4v) is 3.96. The van der Waals surface area contributed by atoms with Gasteiger partial charge in [0.25, 0.3) is 0 Å². The van der Waals surface area contributed by atoms with Gasteiger partial charge in [-0.1, -0.05) is 38.8 Å². The number of alkyl halides is 2. The third-order valence-electron chi connectivity index (χ3n) is 5.42. The fourth-order valence-electron chi connectivity index (χ4n) is 3.96. The van der Waals surface area contributed by atoms with E-state index in [-0.39, 0.29) is 11.8 Å². The van der Waals surface area contributed by atoms with Crippen LogP contribution in [0.5, 0.6) is 0 Å². The van der Waals surface area contributed by atoms with Gasteiger partial charge in [-0.2, -0.15) is 10.2 Å². The van der Waals surface area contributed by atoms with Crippen LogP contribution in [0.2, 0.25) is 0 Å². The van der Waals surface area contributed by atoms with Gasteiger partial charge in [0.05, 0.1) is 11.9 Å². The van der Waals surface area contributed by atoms with Crippen molar-refractivity contribution in [2.45, 2.75) is 71.6 Å². The highest BCUT2D eigenvalue weighted by molar-refractivity contribution is 5.84. The summed E-state index contributed by atoms with van der Waals surface area (Å²) in [5.74, 6) is -2.71. The molecule has 0 saturated carbocycles. The molecule has 26 heavy (non-hydrogen) atoms. The van der Waals surface area contributed by atoms with Gasteiger partial charge in [-0.05, 0) is 56.2 Å². The van der Waals surface area contributed by atoms with Crippen LogP contribution < -0.4 is 5.73 Å². The molecular formula is C21H31F2N3. The Morgan fingerprint density at radius 3 is 2.50 bits per heavy atom. The Hall–Kier alpha value is -1.62. The van der Waals surface area contributed by atoms with Crippen LogP contribution in [0.4, 0.5) is 8.78 Å². The number of aryl methyl sites for hydroxylation is 1. The summed E-state index contributed by atoms with van der Waals surface area (Å²) in [6.07, 6.45) is 7.60. The minimum Gasteiger partial charge on any atom is -0.330 e. The van der Waals surface area contributed by atoms with E-state index >= 15 is 0 Å². The number of nitrogens with two attached hydrogens (primary N) is 1. The van der Waals surface area contributed by atoms with Gasteiger partial charge >= 0.3 is 0 Å². The second-order valence-electron chi connectivity index (χ2n) is 7.60. The second-order valence-corrected chi connectivity index (χ2v) is 7.60. The van der Waals surface area contributed by atoms with Gasteiger partial charge < -0.3 is 5.73 Å². The van der Waals surface area contributed by atoms with Crippen LogP contribution in [0.1, 0.15) is 64.1 Å². The molecule has 0 radical (unpaired) electrons. The minimum absolute atomic E-state index is 0.224. The summed E-state index contributed by atoms with van der Waals surface area (Å²) < 4.78 is 26.8. The largest absolute Gasteiger partial charge is 0.330 e. The van der Waals surface area contributed by atoms with Gasteiger partial charge in [0.1, 0.15) is 0 Å². The maximum Gasteiger partial charge on any atom is 0.249 e. The molecule has 0 fully saturated rings. The van der Waals surface area contributed by atoms with Crippen molar-refractivity contribution in [2.75, 3.05) is 6.54 Å². The van der Waals surface area contributed by atoms with Crippen LogP contribution in [0, 0.1) is 5.41 Å². The average molecular weight is 363 g/mol. The summed E-state index contributed by atoms with van der Waals surface area (Å²) in [5.41, 5.74) is 7.62. The van der Waals surface area contributed by atoms with Gasteiger partial charge in [-0.3, -0.25) is 0 Å². The first-order valence-corrected chi connectivity index (χ1v) is 9.63. The standard InChI is InChI=1S/C21H31F2N3/c1-4-9-21(5-2,11-12-24)10-8-19-18-13-16(14-20(3,22)23)6-7-17(18)15-25-26-19/h6-7,13,15H,4-5,8-12,14,24H2,1-3H3. The Kier molecular flexibility index (Phi) is 7.04. The van der Waals surface area contributed by atoms with Crippen molar-refractivity contribution in [1.29, 1.82) is 0 Å². The lowest BCUT2D eigenvalue weighted by atomic mass is 9.74. The molecule has 0 saturated heterocycles. The summed E-state index contributed by atoms with van der Waals surface area (Å²) in [7, 11) is 0. The zero-order chi connectivity index (χ0) is 19.2. The summed E-state index contributed by atoms with van der Waals surface area (Å²) in [6, 6.07) is 5.48. The van der Waals surface area contributed by atoms with E-state index in [1.807, 2.05) is 12.1 Å². The highest BCUT2D eigenvalue weighted by Gasteiger charge is 2.27. The molecule has 1 aromatic heterocycles. The Balaban J connectivity index is 2.29. The van der Waals surface area contributed by atoms with Crippen molar-refractivity contribution in [3.8, 4) is 0 Å². The number of benzene rings is 1. The molecule has 0 amide bonds. The molecule has 0 aliphatic heterocycles. The lowest BCUT2D eigenvalue weighted by molar-refractivity contribution is 0.0226. The fraction of sp³-hybridized carbons (Fsp3) is 0.619. The van der Waals surface area contributed by atoms with Gasteiger partial charge in [-0.15, -0.1) is 0 Å². The summed E-state index contributed by atoms with van der Waals surface area (Å²) >= 11 is 0. The smallest absolute Gasteiger partial charge is 0.249 e. The number of fused-ring (bicyclic) bond motifs is 1. The molecule has 0 bridgehead atoms. The predicted molar refractivity (Wildman–Crippen MR) is 103 cm³/mol. The molecule has 2 aromatic rings. The van der Waals surface area contributed by atoms with Crippen LogP contribution in [0.15, 0.2) is 24.4 Å². The van der Waals surface area contributed by atoms with E-state index in [0.29, 0.717) is 12.1 Å². The molecule has 0 aliphatic carbocycles. The first-order chi connectivity index (χ1) is 12.3. The molecule has 0 aliphatic rings. The van der Waals surface area contributed by atoms with Crippen molar-refractivity contribution in [3.63, 3.8) is 0 Å². The highest BCUT2D eigenvalue weighted by Crippen LogP contribution is 2.37. The second kappa shape index (κ2) is 8.85. The Labute approximate surface area is 155 Å². The highest BCUT2D eigenvalue weighted by atomic mass is 19.3. The first kappa shape index (κ1) is 20.7. The van der Waals surface area contributed by atoms with Crippen molar-refractivity contribution >= 4 is 10.8 Å². The zero-order valence-corrected chi connectivity index (χ0v) is 16.2. The van der Waals surface area contributed by atoms with Crippen LogP contribution in [-0.2, 0) is 12.8 Å². The summed E-state index contributed by atoms with van der Waals surface area (Å²) in [5, 5.41) is 10.3. The number of aromatic nitrogens is 2. The molecule has 3 nitrogen and oxygen atoms in total. The Morgan fingerprint density at radius 2 is 1.88 bits per heavy atom. The summed E-state index contributed by atoms with van der Waals surface area (Å²) in [6.45, 7) is 6.07. The van der Waals surface area contributed by atoms with Crippen LogP contribution >= 0.6 is 0 Å². The maximum atomic E-state index is 13.4. The minimum atomic E-state index is -2.71. The Morgan fingerprint density at radius 1 is 1.12 bits per heavy atom. The van der Waals surface area contributed by atoms with E-state index < -0.39 is 5.92 Å².